The van der Waals surface area contributed by atoms with E-state index in [0.29, 0.717) is 6.54 Å². The third-order valence-corrected chi connectivity index (χ3v) is 10.2. The molecule has 244 valence electrons. The predicted octanol–water partition coefficient (Wildman–Crippen LogP) is 3.05. The quantitative estimate of drug-likeness (QED) is 0.263. The van der Waals surface area contributed by atoms with E-state index in [1.165, 1.54) is 13.3 Å². The van der Waals surface area contributed by atoms with Crippen LogP contribution in [-0.4, -0.2) is 108 Å². The molecule has 1 unspecified atom stereocenters. The lowest BCUT2D eigenvalue weighted by Crippen LogP contribution is -2.59. The van der Waals surface area contributed by atoms with Gasteiger partial charge in [0.25, 0.3) is 0 Å². The van der Waals surface area contributed by atoms with Crippen LogP contribution in [0.5, 0.6) is 0 Å². The van der Waals surface area contributed by atoms with Gasteiger partial charge in [0.1, 0.15) is 40.7 Å². The van der Waals surface area contributed by atoms with Crippen molar-refractivity contribution in [2.75, 3.05) is 20.3 Å². The van der Waals surface area contributed by atoms with E-state index in [1.807, 2.05) is 0 Å². The molecule has 1 aromatic carbocycles. The van der Waals surface area contributed by atoms with Gasteiger partial charge >= 0.3 is 0 Å². The van der Waals surface area contributed by atoms with Crippen molar-refractivity contribution in [1.29, 1.82) is 0 Å². The number of ether oxygens (including phenoxy) is 2. The second kappa shape index (κ2) is 12.8. The largest absolute Gasteiger partial charge is 0.394 e. The Bertz CT molecular complexity index is 1320. The van der Waals surface area contributed by atoms with Crippen LogP contribution < -0.4 is 0 Å². The van der Waals surface area contributed by atoms with Crippen LogP contribution in [0.4, 0.5) is 22.0 Å². The van der Waals surface area contributed by atoms with Gasteiger partial charge in [-0.1, -0.05) is 5.21 Å². The number of thioether (sulfide) groups is 1. The zero-order chi connectivity index (χ0) is 32.0. The van der Waals surface area contributed by atoms with Crippen molar-refractivity contribution in [2.24, 2.45) is 0 Å². The number of aliphatic hydroxyl groups is 3. The first-order valence-corrected chi connectivity index (χ1v) is 15.4. The summed E-state index contributed by atoms with van der Waals surface area (Å²) in [4.78, 5) is 15.6. The molecule has 1 aromatic heterocycles. The minimum Gasteiger partial charge on any atom is -0.394 e. The maximum absolute atomic E-state index is 14.1. The topological polar surface area (TPSA) is 130 Å². The molecule has 5 rings (SSSR count). The highest BCUT2D eigenvalue weighted by molar-refractivity contribution is 8.01. The Hall–Kier alpha value is -2.37. The fourth-order valence-corrected chi connectivity index (χ4v) is 7.62. The number of aliphatic hydroxyl groups excluding tert-OH is 2. The Morgan fingerprint density at radius 1 is 1.20 bits per heavy atom. The van der Waals surface area contributed by atoms with Crippen LogP contribution in [-0.2, 0) is 14.3 Å². The first-order valence-electron chi connectivity index (χ1n) is 14.4. The SMILES string of the molecule is CCN(C(=O)C(S[C@@H]1O[C@H](CO)[C@H](O)[C@H](n2cc(-c3cc(F)c(F)c(F)c3)nn2)[C@H]1OC)C1(O)CCC(F)(F)CC1)C1CC1. The molecular weight excluding hydrogens is 615 g/mol. The molecule has 3 N–H and O–H groups in total. The molecule has 16 heteroatoms. The van der Waals surface area contributed by atoms with Crippen LogP contribution in [0.1, 0.15) is 51.5 Å². The Kier molecular flexibility index (Phi) is 9.60. The molecule has 44 heavy (non-hydrogen) atoms. The summed E-state index contributed by atoms with van der Waals surface area (Å²) in [5.41, 5.74) is -3.12. The maximum Gasteiger partial charge on any atom is 0.248 e. The van der Waals surface area contributed by atoms with Crippen LogP contribution >= 0.6 is 11.8 Å². The molecule has 2 heterocycles. The second-order valence-electron chi connectivity index (χ2n) is 11.6. The van der Waals surface area contributed by atoms with Gasteiger partial charge < -0.3 is 29.7 Å². The Morgan fingerprint density at radius 2 is 1.84 bits per heavy atom. The highest BCUT2D eigenvalue weighted by atomic mass is 32.2. The number of alkyl halides is 2. The maximum atomic E-state index is 14.1. The minimum atomic E-state index is -2.97. The molecule has 10 nitrogen and oxygen atoms in total. The molecule has 2 aliphatic carbocycles. The number of methoxy groups -OCH3 is 1. The first-order chi connectivity index (χ1) is 20.8. The Morgan fingerprint density at radius 3 is 2.39 bits per heavy atom. The molecular formula is C28H35F5N4O6S. The average molecular weight is 651 g/mol. The van der Waals surface area contributed by atoms with E-state index in [1.54, 1.807) is 11.8 Å². The van der Waals surface area contributed by atoms with E-state index >= 15 is 0 Å². The van der Waals surface area contributed by atoms with Crippen LogP contribution in [0, 0.1) is 17.5 Å². The number of benzene rings is 1. The summed E-state index contributed by atoms with van der Waals surface area (Å²) in [6.07, 6.45) is -2.84. The third kappa shape index (κ3) is 6.47. The second-order valence-corrected chi connectivity index (χ2v) is 12.8. The average Bonchev–Trinajstić information content (AvgIpc) is 3.71. The van der Waals surface area contributed by atoms with Crippen LogP contribution in [0.15, 0.2) is 18.3 Å². The number of nitrogens with zero attached hydrogens (tertiary/aromatic N) is 4. The smallest absolute Gasteiger partial charge is 0.248 e. The number of halogens is 5. The van der Waals surface area contributed by atoms with Crippen LogP contribution in [0.25, 0.3) is 11.3 Å². The van der Waals surface area contributed by atoms with Crippen molar-refractivity contribution >= 4 is 17.7 Å². The zero-order valence-corrected chi connectivity index (χ0v) is 24.9. The zero-order valence-electron chi connectivity index (χ0n) is 24.1. The Balaban J connectivity index is 1.48. The van der Waals surface area contributed by atoms with Crippen LogP contribution in [0.2, 0.25) is 0 Å². The van der Waals surface area contributed by atoms with Crippen molar-refractivity contribution in [2.45, 2.75) is 98.1 Å². The van der Waals surface area contributed by atoms with Gasteiger partial charge in [-0.15, -0.1) is 16.9 Å². The molecule has 0 spiro atoms. The molecule has 0 bridgehead atoms. The molecule has 3 fully saturated rings. The summed E-state index contributed by atoms with van der Waals surface area (Å²) >= 11 is 0.871. The number of hydrogen-bond donors (Lipinski definition) is 3. The number of carbonyl (C=O) groups is 1. The summed E-state index contributed by atoms with van der Waals surface area (Å²) in [6.45, 7) is 1.47. The molecule has 1 aliphatic heterocycles. The van der Waals surface area contributed by atoms with Crippen molar-refractivity contribution in [3.8, 4) is 11.3 Å². The number of amides is 1. The van der Waals surface area contributed by atoms with Gasteiger partial charge in [0.15, 0.2) is 17.5 Å². The van der Waals surface area contributed by atoms with Gasteiger partial charge in [-0.25, -0.2) is 26.6 Å². The number of carbonyl (C=O) groups excluding carboxylic acids is 1. The van der Waals surface area contributed by atoms with Gasteiger partial charge in [-0.2, -0.15) is 0 Å². The highest BCUT2D eigenvalue weighted by Gasteiger charge is 2.55. The fourth-order valence-electron chi connectivity index (χ4n) is 5.97. The summed E-state index contributed by atoms with van der Waals surface area (Å²) in [5.74, 6) is -7.93. The predicted molar refractivity (Wildman–Crippen MR) is 147 cm³/mol. The molecule has 2 aromatic rings. The van der Waals surface area contributed by atoms with E-state index in [2.05, 4.69) is 10.3 Å². The van der Waals surface area contributed by atoms with Crippen molar-refractivity contribution in [3.05, 3.63) is 35.8 Å². The summed E-state index contributed by atoms with van der Waals surface area (Å²) in [7, 11) is 1.30. The van der Waals surface area contributed by atoms with E-state index in [4.69, 9.17) is 9.47 Å². The minimum absolute atomic E-state index is 0.0239. The molecule has 6 atom stereocenters. The van der Waals surface area contributed by atoms with Gasteiger partial charge in [-0.05, 0) is 44.7 Å². The van der Waals surface area contributed by atoms with Gasteiger partial charge in [0, 0.05) is 38.1 Å². The molecule has 1 saturated heterocycles. The van der Waals surface area contributed by atoms with E-state index < -0.39 is 89.4 Å². The fraction of sp³-hybridized carbons (Fsp3) is 0.679. The monoisotopic (exact) mass is 650 g/mol. The third-order valence-electron chi connectivity index (χ3n) is 8.63. The molecule has 2 saturated carbocycles. The van der Waals surface area contributed by atoms with Crippen molar-refractivity contribution < 1.29 is 51.5 Å². The lowest BCUT2D eigenvalue weighted by Gasteiger charge is -2.47. The van der Waals surface area contributed by atoms with E-state index in [0.717, 1.165) is 41.4 Å². The normalized spacial score (nSPS) is 28.9. The molecule has 0 radical (unpaired) electrons. The lowest BCUT2D eigenvalue weighted by molar-refractivity contribution is -0.186. The molecule has 3 aliphatic rings. The Labute approximate surface area is 254 Å². The van der Waals surface area contributed by atoms with Crippen molar-refractivity contribution in [1.82, 2.24) is 19.9 Å². The first kappa shape index (κ1) is 33.0. The molecule has 1 amide bonds. The van der Waals surface area contributed by atoms with E-state index in [-0.39, 0.29) is 30.1 Å². The standard InChI is InChI=1S/C28H35F5N4O6S/c1-3-36(15-4-5-15)25(40)24(27(41)6-8-28(32,33)9-7-27)44-26-23(42-2)21(22(39)19(13-38)43-26)37-12-18(34-35-37)14-10-16(29)20(31)17(30)11-14/h10-12,15,19,21-24,26,38-39,41H,3-9,13H2,1-2H3/t19-,21+,22+,23-,24?,26+/m1/s1. The number of rotatable bonds is 10. The highest BCUT2D eigenvalue weighted by Crippen LogP contribution is 2.48. The number of aromatic nitrogens is 3. The lowest BCUT2D eigenvalue weighted by atomic mass is 9.80. The summed E-state index contributed by atoms with van der Waals surface area (Å²) in [5, 5.41) is 39.6. The van der Waals surface area contributed by atoms with Gasteiger partial charge in [-0.3, -0.25) is 4.79 Å². The van der Waals surface area contributed by atoms with Crippen molar-refractivity contribution in [3.63, 3.8) is 0 Å². The van der Waals surface area contributed by atoms with Crippen LogP contribution in [0.3, 0.4) is 0 Å². The summed E-state index contributed by atoms with van der Waals surface area (Å²) in [6, 6.07) is 0.316. The summed E-state index contributed by atoms with van der Waals surface area (Å²) < 4.78 is 82.4. The van der Waals surface area contributed by atoms with E-state index in [9.17, 15) is 42.1 Å². The van der Waals surface area contributed by atoms with Gasteiger partial charge in [0.05, 0.1) is 18.4 Å². The van der Waals surface area contributed by atoms with Gasteiger partial charge in [0.2, 0.25) is 11.8 Å². The number of hydrogen-bond acceptors (Lipinski definition) is 9.